The number of ether oxygens (including phenoxy) is 2. The highest BCUT2D eigenvalue weighted by Crippen LogP contribution is 2.30. The molecule has 2 aromatic heterocycles. The molecule has 0 fully saturated rings. The maximum Gasteiger partial charge on any atom is 0.343 e. The molecule has 0 saturated heterocycles. The molecule has 3 rings (SSSR count). The monoisotopic (exact) mass is 410 g/mol. The van der Waals surface area contributed by atoms with Gasteiger partial charge in [-0.25, -0.2) is 9.78 Å². The number of pyridine rings is 1. The van der Waals surface area contributed by atoms with E-state index in [0.717, 1.165) is 10.9 Å². The number of carbonyl (C=O) groups excluding carboxylic acids is 2. The van der Waals surface area contributed by atoms with Crippen LogP contribution in [0.5, 0.6) is 5.75 Å². The molecule has 0 bridgehead atoms. The van der Waals surface area contributed by atoms with Crippen LogP contribution in [-0.4, -0.2) is 40.4 Å². The number of hydrogen-bond donors (Lipinski definition) is 1. The van der Waals surface area contributed by atoms with Gasteiger partial charge < -0.3 is 14.8 Å². The molecule has 8 nitrogen and oxygen atoms in total. The first kappa shape index (κ1) is 21.3. The molecule has 0 aliphatic carbocycles. The van der Waals surface area contributed by atoms with E-state index >= 15 is 0 Å². The van der Waals surface area contributed by atoms with Crippen LogP contribution in [0.4, 0.5) is 5.82 Å². The maximum absolute atomic E-state index is 12.7. The fourth-order valence-electron chi connectivity index (χ4n) is 2.94. The number of aryl methyl sites for hydroxylation is 1. The summed E-state index contributed by atoms with van der Waals surface area (Å²) in [6.07, 6.45) is 1.37. The van der Waals surface area contributed by atoms with Gasteiger partial charge in [0.15, 0.2) is 11.6 Å². The molecule has 0 unspecified atom stereocenters. The van der Waals surface area contributed by atoms with Crippen molar-refractivity contribution in [3.63, 3.8) is 0 Å². The number of nitrogens with one attached hydrogen (secondary N) is 1. The van der Waals surface area contributed by atoms with Crippen LogP contribution in [0.15, 0.2) is 30.5 Å². The second-order valence-corrected chi connectivity index (χ2v) is 7.90. The van der Waals surface area contributed by atoms with Gasteiger partial charge in [-0.05, 0) is 31.5 Å². The van der Waals surface area contributed by atoms with E-state index in [-0.39, 0.29) is 23.9 Å². The Hall–Kier alpha value is -3.42. The zero-order valence-electron chi connectivity index (χ0n) is 18.1. The Morgan fingerprint density at radius 2 is 1.97 bits per heavy atom. The lowest BCUT2D eigenvalue weighted by Gasteiger charge is -2.19. The van der Waals surface area contributed by atoms with Gasteiger partial charge in [-0.15, -0.1) is 0 Å². The van der Waals surface area contributed by atoms with Gasteiger partial charge in [-0.3, -0.25) is 4.79 Å². The lowest BCUT2D eigenvalue weighted by Crippen LogP contribution is -2.29. The van der Waals surface area contributed by atoms with Crippen molar-refractivity contribution in [3.05, 3.63) is 41.6 Å². The fourth-order valence-corrected chi connectivity index (χ4v) is 2.94. The maximum atomic E-state index is 12.7. The van der Waals surface area contributed by atoms with Gasteiger partial charge in [0.2, 0.25) is 5.91 Å². The highest BCUT2D eigenvalue weighted by molar-refractivity contribution is 6.02. The Morgan fingerprint density at radius 3 is 2.60 bits per heavy atom. The molecule has 0 radical (unpaired) electrons. The normalized spacial score (nSPS) is 11.4. The molecule has 0 saturated carbocycles. The molecule has 1 amide bonds. The number of hydrogen-bond acceptors (Lipinski definition) is 6. The van der Waals surface area contributed by atoms with Crippen molar-refractivity contribution in [1.82, 2.24) is 14.8 Å². The average Bonchev–Trinajstić information content (AvgIpc) is 3.10. The van der Waals surface area contributed by atoms with Crippen molar-refractivity contribution in [2.45, 2.75) is 34.6 Å². The Bertz CT molecular complexity index is 1110. The smallest absolute Gasteiger partial charge is 0.343 e. The summed E-state index contributed by atoms with van der Waals surface area (Å²) in [6.45, 7) is 9.25. The molecule has 0 spiro atoms. The molecule has 2 heterocycles. The van der Waals surface area contributed by atoms with Gasteiger partial charge in [-0.2, -0.15) is 9.78 Å². The van der Waals surface area contributed by atoms with E-state index in [4.69, 9.17) is 14.5 Å². The third-order valence-electron chi connectivity index (χ3n) is 4.61. The minimum Gasteiger partial charge on any atom is -0.494 e. The molecule has 30 heavy (non-hydrogen) atoms. The molecule has 3 aromatic rings. The summed E-state index contributed by atoms with van der Waals surface area (Å²) < 4.78 is 12.0. The van der Waals surface area contributed by atoms with Gasteiger partial charge in [-0.1, -0.05) is 32.9 Å². The summed E-state index contributed by atoms with van der Waals surface area (Å²) in [6, 6.07) is 7.53. The quantitative estimate of drug-likeness (QED) is 0.641. The Morgan fingerprint density at radius 1 is 1.23 bits per heavy atom. The second-order valence-electron chi connectivity index (χ2n) is 7.90. The van der Waals surface area contributed by atoms with Crippen LogP contribution in [0.1, 0.15) is 43.6 Å². The van der Waals surface area contributed by atoms with E-state index in [2.05, 4.69) is 10.4 Å². The van der Waals surface area contributed by atoms with Crippen molar-refractivity contribution in [1.29, 1.82) is 0 Å². The lowest BCUT2D eigenvalue weighted by molar-refractivity contribution is -0.123. The van der Waals surface area contributed by atoms with Gasteiger partial charge in [0.25, 0.3) is 0 Å². The van der Waals surface area contributed by atoms with Crippen LogP contribution >= 0.6 is 0 Å². The minimum absolute atomic E-state index is 0.161. The first-order chi connectivity index (χ1) is 14.2. The summed E-state index contributed by atoms with van der Waals surface area (Å²) in [4.78, 5) is 29.8. The van der Waals surface area contributed by atoms with Gasteiger partial charge in [0.05, 0.1) is 19.9 Å². The highest BCUT2D eigenvalue weighted by Gasteiger charge is 2.27. The number of amides is 1. The number of carbonyl (C=O) groups is 2. The molecule has 0 aliphatic heterocycles. The SMILES string of the molecule is CCOC(=O)c1cnn(-c2cc(C)c3cccc(OC)c3n2)c1NC(=O)C(C)(C)C. The molecular formula is C22H26N4O4. The first-order valence-corrected chi connectivity index (χ1v) is 9.68. The molecule has 0 atom stereocenters. The molecule has 1 N–H and O–H groups in total. The summed E-state index contributed by atoms with van der Waals surface area (Å²) in [5.41, 5.74) is 1.11. The van der Waals surface area contributed by atoms with Crippen molar-refractivity contribution in [2.75, 3.05) is 19.0 Å². The molecule has 1 aromatic carbocycles. The number of para-hydroxylation sites is 1. The Labute approximate surface area is 175 Å². The molecule has 0 aliphatic rings. The van der Waals surface area contributed by atoms with Gasteiger partial charge >= 0.3 is 5.97 Å². The van der Waals surface area contributed by atoms with Crippen molar-refractivity contribution >= 4 is 28.6 Å². The predicted octanol–water partition coefficient (Wildman–Crippen LogP) is 3.90. The molecule has 158 valence electrons. The van der Waals surface area contributed by atoms with Crippen LogP contribution in [0.2, 0.25) is 0 Å². The Kier molecular flexibility index (Phi) is 5.78. The zero-order chi connectivity index (χ0) is 22.1. The summed E-state index contributed by atoms with van der Waals surface area (Å²) in [5.74, 6) is 0.460. The topological polar surface area (TPSA) is 95.3 Å². The predicted molar refractivity (Wildman–Crippen MR) is 114 cm³/mol. The van der Waals surface area contributed by atoms with Crippen molar-refractivity contribution < 1.29 is 19.1 Å². The van der Waals surface area contributed by atoms with Crippen LogP contribution < -0.4 is 10.1 Å². The number of aromatic nitrogens is 3. The largest absolute Gasteiger partial charge is 0.494 e. The van der Waals surface area contributed by atoms with Crippen LogP contribution in [0.25, 0.3) is 16.7 Å². The third kappa shape index (κ3) is 3.98. The summed E-state index contributed by atoms with van der Waals surface area (Å²) in [5, 5.41) is 8.09. The summed E-state index contributed by atoms with van der Waals surface area (Å²) >= 11 is 0. The van der Waals surface area contributed by atoms with Crippen LogP contribution in [0.3, 0.4) is 0 Å². The van der Waals surface area contributed by atoms with E-state index in [1.807, 2.05) is 31.2 Å². The zero-order valence-corrected chi connectivity index (χ0v) is 18.1. The number of methoxy groups -OCH3 is 1. The van der Waals surface area contributed by atoms with E-state index in [9.17, 15) is 9.59 Å². The van der Waals surface area contributed by atoms with Gasteiger partial charge in [0.1, 0.15) is 16.8 Å². The number of anilines is 1. The van der Waals surface area contributed by atoms with E-state index in [0.29, 0.717) is 17.1 Å². The van der Waals surface area contributed by atoms with Crippen molar-refractivity contribution in [3.8, 4) is 11.6 Å². The van der Waals surface area contributed by atoms with Crippen LogP contribution in [-0.2, 0) is 9.53 Å². The first-order valence-electron chi connectivity index (χ1n) is 9.68. The minimum atomic E-state index is -0.670. The van der Waals surface area contributed by atoms with Crippen LogP contribution in [0, 0.1) is 12.3 Å². The fraction of sp³-hybridized carbons (Fsp3) is 0.364. The highest BCUT2D eigenvalue weighted by atomic mass is 16.5. The molecular weight excluding hydrogens is 384 g/mol. The lowest BCUT2D eigenvalue weighted by atomic mass is 9.96. The number of fused-ring (bicyclic) bond motifs is 1. The van der Waals surface area contributed by atoms with Gasteiger partial charge in [0, 0.05) is 10.8 Å². The second kappa shape index (κ2) is 8.14. The number of benzene rings is 1. The van der Waals surface area contributed by atoms with E-state index in [1.54, 1.807) is 34.8 Å². The van der Waals surface area contributed by atoms with Crippen molar-refractivity contribution in [2.24, 2.45) is 5.41 Å². The summed E-state index contributed by atoms with van der Waals surface area (Å²) in [7, 11) is 1.58. The standard InChI is InChI=1S/C22H26N4O4/c1-7-30-20(27)15-12-23-26(19(15)25-21(28)22(3,4)5)17-11-13(2)14-9-8-10-16(29-6)18(14)24-17/h8-12H,7H2,1-6H3,(H,25,28). The third-order valence-corrected chi connectivity index (χ3v) is 4.61. The number of esters is 1. The number of rotatable bonds is 5. The van der Waals surface area contributed by atoms with E-state index < -0.39 is 11.4 Å². The van der Waals surface area contributed by atoms with E-state index in [1.165, 1.54) is 10.9 Å². The Balaban J connectivity index is 2.20. The average molecular weight is 410 g/mol. The molecule has 8 heteroatoms. The number of nitrogens with zero attached hydrogens (tertiary/aromatic N) is 3.